The molecule has 3 nitrogen and oxygen atoms in total. The average Bonchev–Trinajstić information content (AvgIpc) is 2.60. The summed E-state index contributed by atoms with van der Waals surface area (Å²) in [5.41, 5.74) is -0.759. The summed E-state index contributed by atoms with van der Waals surface area (Å²) in [6.45, 7) is 2.49. The molecule has 2 N–H and O–H groups in total. The second kappa shape index (κ2) is 3.78. The molecular weight excluding hydrogens is 190 g/mol. The Labute approximate surface area is 91.2 Å². The summed E-state index contributed by atoms with van der Waals surface area (Å²) in [6, 6.07) is 0. The van der Waals surface area contributed by atoms with Crippen molar-refractivity contribution in [2.75, 3.05) is 6.54 Å². The van der Waals surface area contributed by atoms with Crippen LogP contribution in [0, 0.1) is 5.41 Å². The van der Waals surface area contributed by atoms with Crippen molar-refractivity contribution >= 4 is 5.91 Å². The summed E-state index contributed by atoms with van der Waals surface area (Å²) in [4.78, 5) is 11.9. The smallest absolute Gasteiger partial charge is 0.226 e. The fraction of sp³-hybridized carbons (Fsp3) is 0.917. The van der Waals surface area contributed by atoms with E-state index in [1.165, 1.54) is 0 Å². The summed E-state index contributed by atoms with van der Waals surface area (Å²) >= 11 is 0. The van der Waals surface area contributed by atoms with Gasteiger partial charge in [0.1, 0.15) is 0 Å². The van der Waals surface area contributed by atoms with Crippen molar-refractivity contribution in [3.8, 4) is 0 Å². The molecule has 2 saturated carbocycles. The van der Waals surface area contributed by atoms with Crippen LogP contribution in [0.1, 0.15) is 51.9 Å². The lowest BCUT2D eigenvalue weighted by atomic mass is 9.80. The first kappa shape index (κ1) is 10.9. The van der Waals surface area contributed by atoms with Gasteiger partial charge in [0.25, 0.3) is 0 Å². The maximum absolute atomic E-state index is 11.9. The molecule has 0 atom stereocenters. The van der Waals surface area contributed by atoms with Crippen LogP contribution in [-0.2, 0) is 4.79 Å². The molecule has 2 aliphatic rings. The van der Waals surface area contributed by atoms with E-state index in [2.05, 4.69) is 5.32 Å². The van der Waals surface area contributed by atoms with Crippen molar-refractivity contribution in [1.82, 2.24) is 5.32 Å². The van der Waals surface area contributed by atoms with Gasteiger partial charge in [0.2, 0.25) is 5.91 Å². The second-order valence-electron chi connectivity index (χ2n) is 5.53. The van der Waals surface area contributed by atoms with E-state index in [-0.39, 0.29) is 11.3 Å². The van der Waals surface area contributed by atoms with E-state index in [1.54, 1.807) is 0 Å². The van der Waals surface area contributed by atoms with Crippen LogP contribution < -0.4 is 5.32 Å². The first-order valence-electron chi connectivity index (χ1n) is 6.05. The van der Waals surface area contributed by atoms with Gasteiger partial charge in [-0.05, 0) is 32.1 Å². The predicted molar refractivity (Wildman–Crippen MR) is 58.4 cm³/mol. The van der Waals surface area contributed by atoms with Crippen molar-refractivity contribution in [3.63, 3.8) is 0 Å². The molecule has 2 aliphatic carbocycles. The Kier molecular flexibility index (Phi) is 2.75. The SMILES string of the molecule is CC1(C(=O)NCC2(O)CCC2)CCCC1. The van der Waals surface area contributed by atoms with Crippen LogP contribution in [0.3, 0.4) is 0 Å². The molecule has 0 unspecified atom stereocenters. The second-order valence-corrected chi connectivity index (χ2v) is 5.53. The van der Waals surface area contributed by atoms with Gasteiger partial charge in [-0.2, -0.15) is 0 Å². The van der Waals surface area contributed by atoms with Crippen molar-refractivity contribution in [1.29, 1.82) is 0 Å². The lowest BCUT2D eigenvalue weighted by molar-refractivity contribution is -0.132. The molecule has 2 fully saturated rings. The number of hydrogen-bond acceptors (Lipinski definition) is 2. The first-order chi connectivity index (χ1) is 7.04. The minimum absolute atomic E-state index is 0.139. The van der Waals surface area contributed by atoms with Crippen LogP contribution in [0.15, 0.2) is 0 Å². The zero-order valence-corrected chi connectivity index (χ0v) is 9.51. The maximum atomic E-state index is 11.9. The van der Waals surface area contributed by atoms with Crippen molar-refractivity contribution in [3.05, 3.63) is 0 Å². The van der Waals surface area contributed by atoms with Crippen LogP contribution in [-0.4, -0.2) is 23.2 Å². The summed E-state index contributed by atoms with van der Waals surface area (Å²) < 4.78 is 0. The van der Waals surface area contributed by atoms with Gasteiger partial charge in [-0.25, -0.2) is 0 Å². The molecule has 0 aliphatic heterocycles. The van der Waals surface area contributed by atoms with E-state index in [0.717, 1.165) is 44.9 Å². The lowest BCUT2D eigenvalue weighted by Crippen LogP contribution is -2.50. The molecule has 1 amide bonds. The third-order valence-corrected chi connectivity index (χ3v) is 4.12. The fourth-order valence-corrected chi connectivity index (χ4v) is 2.60. The Bertz CT molecular complexity index is 252. The summed E-state index contributed by atoms with van der Waals surface area (Å²) in [5, 5.41) is 12.8. The Balaban J connectivity index is 1.81. The van der Waals surface area contributed by atoms with Gasteiger partial charge in [0, 0.05) is 12.0 Å². The molecule has 0 aromatic rings. The Hall–Kier alpha value is -0.570. The molecule has 0 aromatic carbocycles. The zero-order chi connectivity index (χ0) is 10.9. The number of carbonyl (C=O) groups is 1. The highest BCUT2D eigenvalue weighted by Crippen LogP contribution is 2.38. The standard InChI is InChI=1S/C12H21NO2/c1-11(5-2-3-6-11)10(14)13-9-12(15)7-4-8-12/h15H,2-9H2,1H3,(H,13,14). The van der Waals surface area contributed by atoms with E-state index < -0.39 is 5.60 Å². The van der Waals surface area contributed by atoms with Crippen LogP contribution in [0.5, 0.6) is 0 Å². The largest absolute Gasteiger partial charge is 0.388 e. The number of nitrogens with one attached hydrogen (secondary N) is 1. The van der Waals surface area contributed by atoms with E-state index >= 15 is 0 Å². The number of aliphatic hydroxyl groups is 1. The highest BCUT2D eigenvalue weighted by atomic mass is 16.3. The molecular formula is C12H21NO2. The van der Waals surface area contributed by atoms with Gasteiger partial charge >= 0.3 is 0 Å². The number of amides is 1. The molecule has 86 valence electrons. The van der Waals surface area contributed by atoms with Gasteiger partial charge in [-0.15, -0.1) is 0 Å². The van der Waals surface area contributed by atoms with Crippen LogP contribution in [0.25, 0.3) is 0 Å². The fourth-order valence-electron chi connectivity index (χ4n) is 2.60. The van der Waals surface area contributed by atoms with Gasteiger partial charge < -0.3 is 10.4 Å². The number of rotatable bonds is 3. The molecule has 3 heteroatoms. The predicted octanol–water partition coefficient (Wildman–Crippen LogP) is 1.60. The minimum atomic E-state index is -0.593. The van der Waals surface area contributed by atoms with Crippen molar-refractivity contribution in [2.45, 2.75) is 57.5 Å². The third-order valence-electron chi connectivity index (χ3n) is 4.12. The van der Waals surface area contributed by atoms with E-state index in [0.29, 0.717) is 6.54 Å². The average molecular weight is 211 g/mol. The van der Waals surface area contributed by atoms with E-state index in [9.17, 15) is 9.90 Å². The topological polar surface area (TPSA) is 49.3 Å². The Morgan fingerprint density at radius 3 is 2.27 bits per heavy atom. The first-order valence-corrected chi connectivity index (χ1v) is 6.05. The monoisotopic (exact) mass is 211 g/mol. The van der Waals surface area contributed by atoms with Crippen LogP contribution in [0.4, 0.5) is 0 Å². The van der Waals surface area contributed by atoms with Crippen molar-refractivity contribution < 1.29 is 9.90 Å². The quantitative estimate of drug-likeness (QED) is 0.745. The molecule has 0 aromatic heterocycles. The highest BCUT2D eigenvalue weighted by Gasteiger charge is 2.39. The molecule has 0 radical (unpaired) electrons. The summed E-state index contributed by atoms with van der Waals surface area (Å²) in [6.07, 6.45) is 7.08. The molecule has 0 bridgehead atoms. The normalized spacial score (nSPS) is 27.1. The van der Waals surface area contributed by atoms with Gasteiger partial charge in [-0.1, -0.05) is 19.8 Å². The molecule has 0 saturated heterocycles. The van der Waals surface area contributed by atoms with Gasteiger partial charge in [0.15, 0.2) is 0 Å². The molecule has 2 rings (SSSR count). The molecule has 0 spiro atoms. The van der Waals surface area contributed by atoms with Crippen LogP contribution in [0.2, 0.25) is 0 Å². The van der Waals surface area contributed by atoms with Gasteiger partial charge in [0.05, 0.1) is 5.60 Å². The van der Waals surface area contributed by atoms with E-state index in [1.807, 2.05) is 6.92 Å². The van der Waals surface area contributed by atoms with Crippen LogP contribution >= 0.6 is 0 Å². The van der Waals surface area contributed by atoms with E-state index in [4.69, 9.17) is 0 Å². The minimum Gasteiger partial charge on any atom is -0.388 e. The zero-order valence-electron chi connectivity index (χ0n) is 9.51. The lowest BCUT2D eigenvalue weighted by Gasteiger charge is -2.37. The molecule has 15 heavy (non-hydrogen) atoms. The Morgan fingerprint density at radius 2 is 1.80 bits per heavy atom. The third kappa shape index (κ3) is 2.17. The maximum Gasteiger partial charge on any atom is 0.226 e. The Morgan fingerprint density at radius 1 is 1.20 bits per heavy atom. The number of hydrogen-bond donors (Lipinski definition) is 2. The number of carbonyl (C=O) groups excluding carboxylic acids is 1. The summed E-state index contributed by atoms with van der Waals surface area (Å²) in [7, 11) is 0. The molecule has 0 heterocycles. The van der Waals surface area contributed by atoms with Crippen molar-refractivity contribution in [2.24, 2.45) is 5.41 Å². The summed E-state index contributed by atoms with van der Waals surface area (Å²) in [5.74, 6) is 0.139. The highest BCUT2D eigenvalue weighted by molar-refractivity contribution is 5.82. The van der Waals surface area contributed by atoms with Gasteiger partial charge in [-0.3, -0.25) is 4.79 Å².